The van der Waals surface area contributed by atoms with Crippen molar-refractivity contribution in [2.75, 3.05) is 0 Å². The summed E-state index contributed by atoms with van der Waals surface area (Å²) in [4.78, 5) is 12.0. The van der Waals surface area contributed by atoms with Gasteiger partial charge in [0.05, 0.1) is 11.4 Å². The molecule has 1 amide bonds. The number of benzene rings is 3. The lowest BCUT2D eigenvalue weighted by Crippen LogP contribution is -2.30. The zero-order chi connectivity index (χ0) is 20.2. The van der Waals surface area contributed by atoms with Crippen molar-refractivity contribution in [1.29, 1.82) is 0 Å². The summed E-state index contributed by atoms with van der Waals surface area (Å²) < 4.78 is 7.60. The van der Waals surface area contributed by atoms with Gasteiger partial charge in [0.2, 0.25) is 0 Å². The Hall–Kier alpha value is -3.90. The first-order chi connectivity index (χ1) is 14.1. The molecule has 4 aromatic rings. The van der Waals surface area contributed by atoms with Crippen LogP contribution < -0.4 is 16.0 Å². The average molecular weight is 384 g/mol. The van der Waals surface area contributed by atoms with Gasteiger partial charge in [-0.05, 0) is 67.1 Å². The van der Waals surface area contributed by atoms with Crippen LogP contribution in [-0.2, 0) is 0 Å². The first-order valence-corrected chi connectivity index (χ1v) is 9.15. The fraction of sp³-hybridized carbons (Fsp3) is 0.0435. The van der Waals surface area contributed by atoms with Crippen molar-refractivity contribution in [3.05, 3.63) is 96.2 Å². The van der Waals surface area contributed by atoms with E-state index in [2.05, 4.69) is 10.5 Å². The molecular formula is C23H20N4O2. The number of carbonyl (C=O) groups is 1. The molecular weight excluding hydrogens is 364 g/mol. The van der Waals surface area contributed by atoms with Gasteiger partial charge in [-0.1, -0.05) is 30.3 Å². The normalized spacial score (nSPS) is 10.6. The van der Waals surface area contributed by atoms with E-state index in [0.717, 1.165) is 34.0 Å². The molecule has 6 heteroatoms. The molecule has 0 saturated heterocycles. The van der Waals surface area contributed by atoms with Crippen molar-refractivity contribution in [2.45, 2.75) is 6.92 Å². The van der Waals surface area contributed by atoms with E-state index < -0.39 is 5.91 Å². The quantitative estimate of drug-likeness (QED) is 0.306. The van der Waals surface area contributed by atoms with Gasteiger partial charge in [-0.25, -0.2) is 10.5 Å². The fourth-order valence-corrected chi connectivity index (χ4v) is 3.05. The summed E-state index contributed by atoms with van der Waals surface area (Å²) in [5, 5.41) is 4.45. The number of aryl methyl sites for hydroxylation is 1. The topological polar surface area (TPSA) is 82.2 Å². The number of para-hydroxylation sites is 1. The van der Waals surface area contributed by atoms with Crippen LogP contribution in [0.3, 0.4) is 0 Å². The van der Waals surface area contributed by atoms with E-state index in [1.165, 1.54) is 0 Å². The van der Waals surface area contributed by atoms with Gasteiger partial charge in [-0.2, -0.15) is 5.10 Å². The Morgan fingerprint density at radius 1 is 0.931 bits per heavy atom. The lowest BCUT2D eigenvalue weighted by atomic mass is 10.1. The van der Waals surface area contributed by atoms with Gasteiger partial charge in [-0.15, -0.1) is 0 Å². The molecule has 0 atom stereocenters. The molecule has 0 radical (unpaired) electrons. The molecule has 0 bridgehead atoms. The number of hydrogen-bond acceptors (Lipinski definition) is 4. The molecule has 29 heavy (non-hydrogen) atoms. The minimum absolute atomic E-state index is 0.244. The third-order valence-corrected chi connectivity index (χ3v) is 4.45. The molecule has 0 spiro atoms. The van der Waals surface area contributed by atoms with E-state index in [-0.39, 0.29) is 5.69 Å². The van der Waals surface area contributed by atoms with Crippen LogP contribution in [0.5, 0.6) is 11.5 Å². The monoisotopic (exact) mass is 384 g/mol. The number of amides is 1. The second-order valence-corrected chi connectivity index (χ2v) is 6.58. The molecule has 1 aromatic heterocycles. The van der Waals surface area contributed by atoms with Crippen molar-refractivity contribution in [3.8, 4) is 28.4 Å². The Morgan fingerprint density at radius 3 is 2.34 bits per heavy atom. The van der Waals surface area contributed by atoms with Crippen LogP contribution >= 0.6 is 0 Å². The van der Waals surface area contributed by atoms with Crippen molar-refractivity contribution in [3.63, 3.8) is 0 Å². The SMILES string of the molecule is Cc1cccc(-n2nc(C(=O)NN)cc2-c2ccc(Oc3ccccc3)cc2)c1. The predicted molar refractivity (Wildman–Crippen MR) is 112 cm³/mol. The molecule has 0 unspecified atom stereocenters. The molecule has 0 saturated carbocycles. The zero-order valence-electron chi connectivity index (χ0n) is 15.9. The number of ether oxygens (including phenoxy) is 1. The van der Waals surface area contributed by atoms with E-state index >= 15 is 0 Å². The number of rotatable bonds is 5. The van der Waals surface area contributed by atoms with Crippen LogP contribution in [-0.4, -0.2) is 15.7 Å². The summed E-state index contributed by atoms with van der Waals surface area (Å²) in [6.45, 7) is 2.01. The Bertz CT molecular complexity index is 1140. The Morgan fingerprint density at radius 2 is 1.66 bits per heavy atom. The number of nitrogens with two attached hydrogens (primary N) is 1. The Balaban J connectivity index is 1.71. The second-order valence-electron chi connectivity index (χ2n) is 6.58. The molecule has 3 aromatic carbocycles. The fourth-order valence-electron chi connectivity index (χ4n) is 3.05. The maximum absolute atomic E-state index is 12.0. The molecule has 0 aliphatic heterocycles. The highest BCUT2D eigenvalue weighted by atomic mass is 16.5. The lowest BCUT2D eigenvalue weighted by molar-refractivity contribution is 0.0948. The molecule has 3 N–H and O–H groups in total. The second kappa shape index (κ2) is 8.00. The smallest absolute Gasteiger partial charge is 0.285 e. The van der Waals surface area contributed by atoms with Crippen molar-refractivity contribution < 1.29 is 9.53 Å². The first kappa shape index (κ1) is 18.5. The molecule has 0 aliphatic rings. The molecule has 6 nitrogen and oxygen atoms in total. The van der Waals surface area contributed by atoms with E-state index in [4.69, 9.17) is 10.6 Å². The summed E-state index contributed by atoms with van der Waals surface area (Å²) in [5.74, 6) is 6.34. The highest BCUT2D eigenvalue weighted by Gasteiger charge is 2.16. The van der Waals surface area contributed by atoms with E-state index in [0.29, 0.717) is 0 Å². The third kappa shape index (κ3) is 4.02. The van der Waals surface area contributed by atoms with Crippen LogP contribution in [0.25, 0.3) is 16.9 Å². The molecule has 0 fully saturated rings. The third-order valence-electron chi connectivity index (χ3n) is 4.45. The Kier molecular flexibility index (Phi) is 5.09. The van der Waals surface area contributed by atoms with Crippen molar-refractivity contribution >= 4 is 5.91 Å². The standard InChI is InChI=1S/C23H20N4O2/c1-16-6-5-7-18(14-16)27-22(15-21(26-27)23(28)25-24)17-10-12-20(13-11-17)29-19-8-3-2-4-9-19/h2-15H,24H2,1H3,(H,25,28). The van der Waals surface area contributed by atoms with Crippen LogP contribution in [0.4, 0.5) is 0 Å². The van der Waals surface area contributed by atoms with Gasteiger partial charge in [0.1, 0.15) is 11.5 Å². The number of hydrogen-bond donors (Lipinski definition) is 2. The number of aromatic nitrogens is 2. The van der Waals surface area contributed by atoms with E-state index in [9.17, 15) is 4.79 Å². The Labute approximate surface area is 168 Å². The van der Waals surface area contributed by atoms with E-state index in [1.54, 1.807) is 10.7 Å². The maximum Gasteiger partial charge on any atom is 0.285 e. The van der Waals surface area contributed by atoms with Crippen LogP contribution in [0, 0.1) is 6.92 Å². The highest BCUT2D eigenvalue weighted by Crippen LogP contribution is 2.28. The minimum Gasteiger partial charge on any atom is -0.457 e. The minimum atomic E-state index is -0.443. The molecule has 144 valence electrons. The first-order valence-electron chi connectivity index (χ1n) is 9.15. The lowest BCUT2D eigenvalue weighted by Gasteiger charge is -2.10. The predicted octanol–water partition coefficient (Wildman–Crippen LogP) is 4.24. The number of nitrogens with one attached hydrogen (secondary N) is 1. The van der Waals surface area contributed by atoms with Crippen molar-refractivity contribution in [2.24, 2.45) is 5.84 Å². The van der Waals surface area contributed by atoms with E-state index in [1.807, 2.05) is 85.8 Å². The average Bonchev–Trinajstić information content (AvgIpc) is 3.20. The van der Waals surface area contributed by atoms with Gasteiger partial charge in [0.25, 0.3) is 5.91 Å². The summed E-state index contributed by atoms with van der Waals surface area (Å²) in [5.41, 5.74) is 6.02. The number of hydrazine groups is 1. The van der Waals surface area contributed by atoms with Crippen molar-refractivity contribution in [1.82, 2.24) is 15.2 Å². The number of nitrogens with zero attached hydrogens (tertiary/aromatic N) is 2. The number of nitrogen functional groups attached to an aromatic ring is 1. The molecule has 0 aliphatic carbocycles. The van der Waals surface area contributed by atoms with Crippen LogP contribution in [0.1, 0.15) is 16.1 Å². The molecule has 1 heterocycles. The largest absolute Gasteiger partial charge is 0.457 e. The highest BCUT2D eigenvalue weighted by molar-refractivity contribution is 5.93. The van der Waals surface area contributed by atoms with Crippen LogP contribution in [0.2, 0.25) is 0 Å². The van der Waals surface area contributed by atoms with Gasteiger partial charge in [0.15, 0.2) is 5.69 Å². The number of carbonyl (C=O) groups excluding carboxylic acids is 1. The van der Waals surface area contributed by atoms with Gasteiger partial charge in [0, 0.05) is 5.56 Å². The summed E-state index contributed by atoms with van der Waals surface area (Å²) in [6, 6.07) is 26.9. The summed E-state index contributed by atoms with van der Waals surface area (Å²) >= 11 is 0. The van der Waals surface area contributed by atoms with Crippen LogP contribution in [0.15, 0.2) is 84.9 Å². The van der Waals surface area contributed by atoms with Gasteiger partial charge >= 0.3 is 0 Å². The summed E-state index contributed by atoms with van der Waals surface area (Å²) in [6.07, 6.45) is 0. The maximum atomic E-state index is 12.0. The van der Waals surface area contributed by atoms with Gasteiger partial charge in [-0.3, -0.25) is 10.2 Å². The zero-order valence-corrected chi connectivity index (χ0v) is 15.9. The molecule has 4 rings (SSSR count). The summed E-state index contributed by atoms with van der Waals surface area (Å²) in [7, 11) is 0. The van der Waals surface area contributed by atoms with Gasteiger partial charge < -0.3 is 4.74 Å².